The zero-order valence-corrected chi connectivity index (χ0v) is 15.0. The van der Waals surface area contributed by atoms with Gasteiger partial charge in [-0.3, -0.25) is 4.79 Å². The summed E-state index contributed by atoms with van der Waals surface area (Å²) in [6, 6.07) is 1.37. The van der Waals surface area contributed by atoms with Crippen LogP contribution in [0, 0.1) is 27.7 Å². The molecule has 2 aromatic heterocycles. The van der Waals surface area contributed by atoms with Crippen LogP contribution < -0.4 is 0 Å². The van der Waals surface area contributed by atoms with Crippen LogP contribution in [0.15, 0.2) is 6.07 Å². The molecule has 0 unspecified atom stereocenters. The van der Waals surface area contributed by atoms with Crippen LogP contribution in [0.1, 0.15) is 42.1 Å². The van der Waals surface area contributed by atoms with Crippen molar-refractivity contribution in [3.63, 3.8) is 0 Å². The summed E-state index contributed by atoms with van der Waals surface area (Å²) in [7, 11) is 0. The minimum atomic E-state index is -4.39. The van der Waals surface area contributed by atoms with Crippen molar-refractivity contribution in [3.8, 4) is 0 Å². The summed E-state index contributed by atoms with van der Waals surface area (Å²) in [5.74, 6) is -1.21. The highest BCUT2D eigenvalue weighted by Crippen LogP contribution is 2.24. The number of nitrogens with zero attached hydrogens (tertiary/aromatic N) is 2. The Hall–Kier alpha value is -2.16. The predicted octanol–water partition coefficient (Wildman–Crippen LogP) is 3.78. The minimum Gasteiger partial charge on any atom is -0.453 e. The molecule has 0 fully saturated rings. The van der Waals surface area contributed by atoms with Crippen molar-refractivity contribution >= 4 is 23.1 Å². The second kappa shape index (κ2) is 6.99. The molecule has 0 amide bonds. The third-order valence-corrected chi connectivity index (χ3v) is 4.69. The minimum absolute atomic E-state index is 0.117. The monoisotopic (exact) mass is 374 g/mol. The second-order valence-corrected chi connectivity index (χ2v) is 6.84. The fraction of sp³-hybridized carbons (Fsp3) is 0.438. The lowest BCUT2D eigenvalue weighted by molar-refractivity contribution is -0.141. The van der Waals surface area contributed by atoms with Gasteiger partial charge >= 0.3 is 12.1 Å². The molecule has 136 valence electrons. The van der Waals surface area contributed by atoms with E-state index in [4.69, 9.17) is 4.74 Å². The fourth-order valence-electron chi connectivity index (χ4n) is 2.50. The van der Waals surface area contributed by atoms with Gasteiger partial charge in [-0.1, -0.05) is 0 Å². The van der Waals surface area contributed by atoms with E-state index in [2.05, 4.69) is 4.98 Å². The highest BCUT2D eigenvalue weighted by molar-refractivity contribution is 7.13. The average Bonchev–Trinajstić information content (AvgIpc) is 2.96. The lowest BCUT2D eigenvalue weighted by atomic mass is 10.1. The third kappa shape index (κ3) is 4.47. The number of hydrogen-bond donors (Lipinski definition) is 0. The van der Waals surface area contributed by atoms with Crippen molar-refractivity contribution in [2.24, 2.45) is 0 Å². The number of halogens is 3. The van der Waals surface area contributed by atoms with Gasteiger partial charge < -0.3 is 9.30 Å². The van der Waals surface area contributed by atoms with E-state index in [1.165, 1.54) is 19.9 Å². The van der Waals surface area contributed by atoms with Gasteiger partial charge in [0.2, 0.25) is 5.78 Å². The Labute approximate surface area is 146 Å². The Morgan fingerprint density at radius 1 is 1.24 bits per heavy atom. The predicted molar refractivity (Wildman–Crippen MR) is 86.2 cm³/mol. The van der Waals surface area contributed by atoms with Gasteiger partial charge in [-0.25, -0.2) is 9.78 Å². The lowest BCUT2D eigenvalue weighted by Crippen LogP contribution is -2.20. The van der Waals surface area contributed by atoms with Crippen LogP contribution >= 0.6 is 11.3 Å². The number of ether oxygens (including phenoxy) is 1. The zero-order chi connectivity index (χ0) is 18.9. The highest BCUT2D eigenvalue weighted by atomic mass is 32.1. The fourth-order valence-corrected chi connectivity index (χ4v) is 3.31. The molecule has 0 aliphatic carbocycles. The van der Waals surface area contributed by atoms with Gasteiger partial charge in [0.1, 0.15) is 11.4 Å². The van der Waals surface area contributed by atoms with E-state index in [9.17, 15) is 22.8 Å². The van der Waals surface area contributed by atoms with Gasteiger partial charge in [0.25, 0.3) is 0 Å². The number of alkyl halides is 3. The molecule has 0 bridgehead atoms. The normalized spacial score (nSPS) is 11.6. The number of rotatable bonds is 5. The van der Waals surface area contributed by atoms with Crippen molar-refractivity contribution in [1.82, 2.24) is 9.55 Å². The Kier molecular flexibility index (Phi) is 5.36. The number of Topliss-reactive ketones (excluding diaryl/α,β-unsaturated/α-hetero) is 1. The van der Waals surface area contributed by atoms with Crippen molar-refractivity contribution in [2.45, 2.75) is 40.4 Å². The Balaban J connectivity index is 2.10. The maximum atomic E-state index is 12.6. The largest absolute Gasteiger partial charge is 0.453 e. The van der Waals surface area contributed by atoms with Crippen LogP contribution in [-0.2, 0) is 11.3 Å². The lowest BCUT2D eigenvalue weighted by Gasteiger charge is -2.12. The topological polar surface area (TPSA) is 61.2 Å². The molecule has 2 aromatic rings. The van der Waals surface area contributed by atoms with Gasteiger partial charge in [0.15, 0.2) is 6.61 Å². The zero-order valence-electron chi connectivity index (χ0n) is 14.2. The third-order valence-electron chi connectivity index (χ3n) is 3.63. The number of esters is 1. The standard InChI is InChI=1S/C16H17F3N2O3S/c1-8-5-12(10(3)21(8)7-16(17,18)19)13(22)6-24-15(23)14-9(2)20-11(4)25-14/h5H,6-7H2,1-4H3. The molecule has 2 heterocycles. The van der Waals surface area contributed by atoms with E-state index in [0.29, 0.717) is 21.3 Å². The first-order chi connectivity index (χ1) is 11.5. The molecule has 0 aliphatic heterocycles. The van der Waals surface area contributed by atoms with E-state index in [0.717, 1.165) is 15.9 Å². The van der Waals surface area contributed by atoms with E-state index in [1.807, 2.05) is 0 Å². The van der Waals surface area contributed by atoms with Crippen LogP contribution in [-0.4, -0.2) is 34.1 Å². The first kappa shape index (κ1) is 19.2. The maximum absolute atomic E-state index is 12.6. The maximum Gasteiger partial charge on any atom is 0.406 e. The molecule has 0 aliphatic rings. The number of carbonyl (C=O) groups is 2. The number of thiazole rings is 1. The summed E-state index contributed by atoms with van der Waals surface area (Å²) >= 11 is 1.16. The van der Waals surface area contributed by atoms with E-state index in [-0.39, 0.29) is 11.3 Å². The van der Waals surface area contributed by atoms with Crippen LogP contribution in [0.25, 0.3) is 0 Å². The van der Waals surface area contributed by atoms with E-state index in [1.54, 1.807) is 13.8 Å². The molecular weight excluding hydrogens is 357 g/mol. The first-order valence-corrected chi connectivity index (χ1v) is 8.19. The van der Waals surface area contributed by atoms with E-state index >= 15 is 0 Å². The van der Waals surface area contributed by atoms with Gasteiger partial charge in [-0.2, -0.15) is 13.2 Å². The summed E-state index contributed by atoms with van der Waals surface area (Å²) in [4.78, 5) is 28.7. The molecule has 9 heteroatoms. The Morgan fingerprint density at radius 3 is 2.40 bits per heavy atom. The summed E-state index contributed by atoms with van der Waals surface area (Å²) in [5.41, 5.74) is 1.15. The van der Waals surface area contributed by atoms with Crippen LogP contribution in [0.5, 0.6) is 0 Å². The van der Waals surface area contributed by atoms with Gasteiger partial charge in [0, 0.05) is 17.0 Å². The molecular formula is C16H17F3N2O3S. The number of hydrogen-bond acceptors (Lipinski definition) is 5. The molecule has 5 nitrogen and oxygen atoms in total. The average molecular weight is 374 g/mol. The van der Waals surface area contributed by atoms with Gasteiger partial charge in [-0.15, -0.1) is 11.3 Å². The molecule has 25 heavy (non-hydrogen) atoms. The molecule has 2 rings (SSSR count). The molecule has 0 saturated carbocycles. The van der Waals surface area contributed by atoms with Crippen molar-refractivity contribution in [1.29, 1.82) is 0 Å². The second-order valence-electron chi connectivity index (χ2n) is 5.63. The van der Waals surface area contributed by atoms with Crippen LogP contribution in [0.3, 0.4) is 0 Å². The smallest absolute Gasteiger partial charge is 0.406 e. The Bertz CT molecular complexity index is 821. The van der Waals surface area contributed by atoms with Crippen molar-refractivity contribution in [3.05, 3.63) is 38.6 Å². The van der Waals surface area contributed by atoms with Gasteiger partial charge in [-0.05, 0) is 33.8 Å². The summed E-state index contributed by atoms with van der Waals surface area (Å²) in [6.07, 6.45) is -4.39. The number of aryl methyl sites for hydroxylation is 3. The molecule has 0 radical (unpaired) electrons. The Morgan fingerprint density at radius 2 is 1.88 bits per heavy atom. The molecule has 0 atom stereocenters. The number of aromatic nitrogens is 2. The van der Waals surface area contributed by atoms with Crippen LogP contribution in [0.4, 0.5) is 13.2 Å². The van der Waals surface area contributed by atoms with E-state index < -0.39 is 31.1 Å². The van der Waals surface area contributed by atoms with Gasteiger partial charge in [0.05, 0.1) is 10.7 Å². The summed E-state index contributed by atoms with van der Waals surface area (Å²) in [5, 5.41) is 0.700. The highest BCUT2D eigenvalue weighted by Gasteiger charge is 2.30. The first-order valence-electron chi connectivity index (χ1n) is 7.37. The number of carbonyl (C=O) groups excluding carboxylic acids is 2. The molecule has 0 aromatic carbocycles. The molecule has 0 N–H and O–H groups in total. The van der Waals surface area contributed by atoms with Crippen LogP contribution in [0.2, 0.25) is 0 Å². The summed E-state index contributed by atoms with van der Waals surface area (Å²) in [6.45, 7) is 4.62. The van der Waals surface area contributed by atoms with Crippen molar-refractivity contribution in [2.75, 3.05) is 6.61 Å². The summed E-state index contributed by atoms with van der Waals surface area (Å²) < 4.78 is 43.9. The SMILES string of the molecule is Cc1nc(C)c(C(=O)OCC(=O)c2cc(C)n(CC(F)(F)F)c2C)s1. The number of ketones is 1. The molecule has 0 saturated heterocycles. The quantitative estimate of drug-likeness (QED) is 0.590. The molecule has 0 spiro atoms. The van der Waals surface area contributed by atoms with Crippen molar-refractivity contribution < 1.29 is 27.5 Å².